The molecule has 0 aliphatic heterocycles. The number of pyridine rings is 1. The molecular formula is C15H20N2O. The maximum absolute atomic E-state index is 12.2. The van der Waals surface area contributed by atoms with E-state index in [0.717, 1.165) is 17.9 Å². The number of aromatic nitrogens is 1. The highest BCUT2D eigenvalue weighted by Gasteiger charge is 2.42. The molecule has 0 bridgehead atoms. The third-order valence-electron chi connectivity index (χ3n) is 4.61. The van der Waals surface area contributed by atoms with E-state index in [9.17, 15) is 4.79 Å². The van der Waals surface area contributed by atoms with Crippen LogP contribution in [-0.4, -0.2) is 10.9 Å². The highest BCUT2D eigenvalue weighted by Crippen LogP contribution is 2.47. The molecule has 3 heteroatoms. The van der Waals surface area contributed by atoms with Crippen LogP contribution in [0.15, 0.2) is 24.5 Å². The second-order valence-electron chi connectivity index (χ2n) is 5.62. The van der Waals surface area contributed by atoms with Crippen LogP contribution in [0.2, 0.25) is 0 Å². The normalized spacial score (nSPS) is 30.1. The van der Waals surface area contributed by atoms with Gasteiger partial charge in [0.2, 0.25) is 5.91 Å². The summed E-state index contributed by atoms with van der Waals surface area (Å²) in [5.74, 6) is 2.03. The first-order valence-corrected chi connectivity index (χ1v) is 7.01. The molecule has 0 radical (unpaired) electrons. The Balaban J connectivity index is 1.56. The van der Waals surface area contributed by atoms with E-state index in [0.29, 0.717) is 12.5 Å². The molecule has 1 amide bonds. The van der Waals surface area contributed by atoms with Gasteiger partial charge in [0, 0.05) is 24.9 Å². The Morgan fingerprint density at radius 3 is 3.11 bits per heavy atom. The summed E-state index contributed by atoms with van der Waals surface area (Å²) in [6.07, 6.45) is 9.84. The molecular weight excluding hydrogens is 224 g/mol. The number of carbonyl (C=O) groups excluding carboxylic acids is 1. The van der Waals surface area contributed by atoms with Crippen molar-refractivity contribution in [3.05, 3.63) is 30.1 Å². The van der Waals surface area contributed by atoms with E-state index in [1.54, 1.807) is 6.20 Å². The van der Waals surface area contributed by atoms with Crippen LogP contribution in [0.1, 0.15) is 37.7 Å². The predicted molar refractivity (Wildman–Crippen MR) is 69.6 cm³/mol. The topological polar surface area (TPSA) is 42.0 Å². The number of hydrogen-bond acceptors (Lipinski definition) is 2. The fourth-order valence-corrected chi connectivity index (χ4v) is 3.71. The van der Waals surface area contributed by atoms with Crippen LogP contribution in [0, 0.1) is 17.8 Å². The first-order valence-electron chi connectivity index (χ1n) is 7.01. The number of carbonyl (C=O) groups is 1. The zero-order valence-corrected chi connectivity index (χ0v) is 10.6. The van der Waals surface area contributed by atoms with Gasteiger partial charge in [-0.3, -0.25) is 9.78 Å². The lowest BCUT2D eigenvalue weighted by atomic mass is 9.91. The van der Waals surface area contributed by atoms with Crippen LogP contribution in [0.4, 0.5) is 0 Å². The van der Waals surface area contributed by atoms with Crippen LogP contribution in [0.25, 0.3) is 0 Å². The van der Waals surface area contributed by atoms with Gasteiger partial charge in [-0.15, -0.1) is 0 Å². The van der Waals surface area contributed by atoms with Crippen molar-refractivity contribution >= 4 is 5.91 Å². The van der Waals surface area contributed by atoms with Crippen molar-refractivity contribution in [1.82, 2.24) is 10.3 Å². The van der Waals surface area contributed by atoms with Crippen LogP contribution in [-0.2, 0) is 11.3 Å². The van der Waals surface area contributed by atoms with Crippen LogP contribution in [0.5, 0.6) is 0 Å². The Bertz CT molecular complexity index is 418. The monoisotopic (exact) mass is 244 g/mol. The summed E-state index contributed by atoms with van der Waals surface area (Å²) in [6, 6.07) is 3.91. The lowest BCUT2D eigenvalue weighted by Crippen LogP contribution is -2.32. The summed E-state index contributed by atoms with van der Waals surface area (Å²) in [5, 5.41) is 3.07. The minimum atomic E-state index is 0.258. The van der Waals surface area contributed by atoms with Crippen molar-refractivity contribution in [2.24, 2.45) is 17.8 Å². The molecule has 96 valence electrons. The van der Waals surface area contributed by atoms with Gasteiger partial charge in [-0.1, -0.05) is 18.9 Å². The first-order chi connectivity index (χ1) is 8.84. The van der Waals surface area contributed by atoms with E-state index in [1.807, 2.05) is 18.3 Å². The van der Waals surface area contributed by atoms with Crippen molar-refractivity contribution in [2.45, 2.75) is 38.6 Å². The lowest BCUT2D eigenvalue weighted by Gasteiger charge is -2.17. The molecule has 0 spiro atoms. The van der Waals surface area contributed by atoms with Gasteiger partial charge in [0.15, 0.2) is 0 Å². The van der Waals surface area contributed by atoms with Crippen molar-refractivity contribution in [3.63, 3.8) is 0 Å². The molecule has 2 fully saturated rings. The van der Waals surface area contributed by atoms with Gasteiger partial charge in [-0.2, -0.15) is 0 Å². The number of nitrogens with one attached hydrogen (secondary N) is 1. The summed E-state index contributed by atoms with van der Waals surface area (Å²) in [7, 11) is 0. The van der Waals surface area contributed by atoms with Crippen molar-refractivity contribution < 1.29 is 4.79 Å². The Morgan fingerprint density at radius 1 is 1.33 bits per heavy atom. The molecule has 0 aromatic carbocycles. The molecule has 3 atom stereocenters. The quantitative estimate of drug-likeness (QED) is 0.887. The number of rotatable bonds is 3. The van der Waals surface area contributed by atoms with Crippen LogP contribution in [0.3, 0.4) is 0 Å². The average molecular weight is 244 g/mol. The smallest absolute Gasteiger partial charge is 0.223 e. The van der Waals surface area contributed by atoms with E-state index < -0.39 is 0 Å². The number of nitrogens with zero attached hydrogens (tertiary/aromatic N) is 1. The predicted octanol–water partition coefficient (Wildman–Crippen LogP) is 2.52. The molecule has 0 unspecified atom stereocenters. The molecule has 1 N–H and O–H groups in total. The van der Waals surface area contributed by atoms with Gasteiger partial charge in [-0.05, 0) is 42.7 Å². The Kier molecular flexibility index (Phi) is 3.31. The van der Waals surface area contributed by atoms with E-state index in [1.165, 1.54) is 25.7 Å². The van der Waals surface area contributed by atoms with E-state index in [4.69, 9.17) is 0 Å². The largest absolute Gasteiger partial charge is 0.352 e. The van der Waals surface area contributed by atoms with Gasteiger partial charge >= 0.3 is 0 Å². The van der Waals surface area contributed by atoms with Gasteiger partial charge in [-0.25, -0.2) is 0 Å². The fraction of sp³-hybridized carbons (Fsp3) is 0.600. The zero-order chi connectivity index (χ0) is 12.4. The Hall–Kier alpha value is -1.38. The molecule has 0 saturated heterocycles. The second kappa shape index (κ2) is 5.09. The number of amides is 1. The summed E-state index contributed by atoms with van der Waals surface area (Å²) >= 11 is 0. The maximum atomic E-state index is 12.2. The van der Waals surface area contributed by atoms with Crippen molar-refractivity contribution in [3.8, 4) is 0 Å². The third kappa shape index (κ3) is 2.26. The molecule has 2 saturated carbocycles. The van der Waals surface area contributed by atoms with Crippen molar-refractivity contribution in [2.75, 3.05) is 0 Å². The highest BCUT2D eigenvalue weighted by molar-refractivity contribution is 5.79. The molecule has 3 nitrogen and oxygen atoms in total. The van der Waals surface area contributed by atoms with Gasteiger partial charge in [0.1, 0.15) is 0 Å². The Labute approximate surface area is 108 Å². The molecule has 3 rings (SSSR count). The van der Waals surface area contributed by atoms with Crippen LogP contribution >= 0.6 is 0 Å². The maximum Gasteiger partial charge on any atom is 0.223 e. The molecule has 18 heavy (non-hydrogen) atoms. The third-order valence-corrected chi connectivity index (χ3v) is 4.61. The van der Waals surface area contributed by atoms with Gasteiger partial charge in [0.25, 0.3) is 0 Å². The lowest BCUT2D eigenvalue weighted by molar-refractivity contribution is -0.126. The summed E-state index contributed by atoms with van der Waals surface area (Å²) in [5.41, 5.74) is 1.08. The minimum absolute atomic E-state index is 0.258. The first kappa shape index (κ1) is 11.7. The van der Waals surface area contributed by atoms with Crippen LogP contribution < -0.4 is 5.32 Å². The summed E-state index contributed by atoms with van der Waals surface area (Å²) in [6.45, 7) is 0.612. The second-order valence-corrected chi connectivity index (χ2v) is 5.62. The standard InChI is InChI=1S/C15H20N2O/c18-15(17-10-11-3-2-8-16-9-11)14-7-6-12-4-1-5-13(12)14/h2-3,8-9,12-14H,1,4-7,10H2,(H,17,18)/t12-,13-,14-/m0/s1. The molecule has 1 aromatic rings. The zero-order valence-electron chi connectivity index (χ0n) is 10.6. The fourth-order valence-electron chi connectivity index (χ4n) is 3.71. The average Bonchev–Trinajstić information content (AvgIpc) is 2.99. The van der Waals surface area contributed by atoms with E-state index >= 15 is 0 Å². The molecule has 1 aromatic heterocycles. The summed E-state index contributed by atoms with van der Waals surface area (Å²) < 4.78 is 0. The highest BCUT2D eigenvalue weighted by atomic mass is 16.1. The van der Waals surface area contributed by atoms with Gasteiger partial charge < -0.3 is 5.32 Å². The minimum Gasteiger partial charge on any atom is -0.352 e. The molecule has 2 aliphatic carbocycles. The van der Waals surface area contributed by atoms with E-state index in [-0.39, 0.29) is 11.8 Å². The SMILES string of the molecule is O=C(NCc1cccnc1)[C@H]1CC[C@@H]2CCC[C@@H]21. The summed E-state index contributed by atoms with van der Waals surface area (Å²) in [4.78, 5) is 16.3. The number of fused-ring (bicyclic) bond motifs is 1. The van der Waals surface area contributed by atoms with Gasteiger partial charge in [0.05, 0.1) is 0 Å². The Morgan fingerprint density at radius 2 is 2.28 bits per heavy atom. The van der Waals surface area contributed by atoms with E-state index in [2.05, 4.69) is 10.3 Å². The molecule has 1 heterocycles. The molecule has 2 aliphatic rings. The number of hydrogen-bond donors (Lipinski definition) is 1. The van der Waals surface area contributed by atoms with Crippen molar-refractivity contribution in [1.29, 1.82) is 0 Å².